The fraction of sp³-hybridized carbons (Fsp3) is 0.312. The molecule has 1 aromatic heterocycles. The van der Waals surface area contributed by atoms with Gasteiger partial charge in [-0.25, -0.2) is 4.57 Å². The second-order valence-electron chi connectivity index (χ2n) is 4.90. The van der Waals surface area contributed by atoms with Crippen LogP contribution in [0, 0.1) is 0 Å². The highest BCUT2D eigenvalue weighted by Crippen LogP contribution is 2.15. The molecule has 18 heavy (non-hydrogen) atoms. The van der Waals surface area contributed by atoms with Crippen molar-refractivity contribution >= 4 is 6.08 Å². The minimum absolute atomic E-state index is 0.537. The van der Waals surface area contributed by atoms with Crippen molar-refractivity contribution in [3.8, 4) is 0 Å². The van der Waals surface area contributed by atoms with Gasteiger partial charge >= 0.3 is 0 Å². The van der Waals surface area contributed by atoms with E-state index in [-0.39, 0.29) is 0 Å². The second kappa shape index (κ2) is 5.78. The molecule has 0 bridgehead atoms. The van der Waals surface area contributed by atoms with E-state index >= 15 is 0 Å². The first-order valence-electron chi connectivity index (χ1n) is 6.34. The zero-order valence-corrected chi connectivity index (χ0v) is 11.4. The maximum absolute atomic E-state index is 2.30. The lowest BCUT2D eigenvalue weighted by atomic mass is 10.0. The Bertz CT molecular complexity index is 496. The molecule has 1 aliphatic carbocycles. The van der Waals surface area contributed by atoms with Gasteiger partial charge in [0.05, 0.1) is 0 Å². The van der Waals surface area contributed by atoms with Crippen molar-refractivity contribution in [3.05, 3.63) is 60.0 Å². The van der Waals surface area contributed by atoms with Crippen LogP contribution in [0.4, 0.5) is 0 Å². The van der Waals surface area contributed by atoms with Gasteiger partial charge in [-0.2, -0.15) is 0 Å². The fourth-order valence-electron chi connectivity index (χ4n) is 2.02. The number of aromatic nitrogens is 1. The molecule has 0 radical (unpaired) electrons. The molecule has 1 atom stereocenters. The zero-order valence-electron chi connectivity index (χ0n) is 11.4. The maximum Gasteiger partial charge on any atom is 0.204 e. The number of allylic oxidation sites excluding steroid dienone is 3. The molecule has 1 aliphatic rings. The van der Waals surface area contributed by atoms with Gasteiger partial charge in [-0.15, -0.1) is 0 Å². The predicted molar refractivity (Wildman–Crippen MR) is 76.0 cm³/mol. The average molecular weight is 241 g/mol. The van der Waals surface area contributed by atoms with Gasteiger partial charge in [-0.3, -0.25) is 0 Å². The quantitative estimate of drug-likeness (QED) is 0.737. The Morgan fingerprint density at radius 1 is 1.28 bits per heavy atom. The Kier molecular flexibility index (Phi) is 4.11. The van der Waals surface area contributed by atoms with E-state index in [1.165, 1.54) is 11.3 Å². The summed E-state index contributed by atoms with van der Waals surface area (Å²) in [5.41, 5.74) is 2.50. The van der Waals surface area contributed by atoms with E-state index in [1.807, 2.05) is 6.07 Å². The summed E-state index contributed by atoms with van der Waals surface area (Å²) in [6, 6.07) is 6.76. The molecule has 2 nitrogen and oxygen atoms in total. The summed E-state index contributed by atoms with van der Waals surface area (Å²) >= 11 is 0. The molecule has 2 rings (SSSR count). The number of hydrogen-bond donors (Lipinski definition) is 0. The minimum Gasteiger partial charge on any atom is -0.303 e. The van der Waals surface area contributed by atoms with Crippen molar-refractivity contribution < 1.29 is 4.57 Å². The molecule has 0 N–H and O–H groups in total. The summed E-state index contributed by atoms with van der Waals surface area (Å²) < 4.78 is 2.12. The molecule has 0 spiro atoms. The molecule has 0 saturated carbocycles. The standard InChI is InChI=1S/C16H21N2/c1-17(2)15-10-7-14(8-11-15)9-12-16-6-4-5-13-18(16)3/h4-10,12-13,15H,11H2,1-3H3/q+1/b12-9+. The van der Waals surface area contributed by atoms with Gasteiger partial charge in [-0.1, -0.05) is 18.2 Å². The molecule has 0 amide bonds. The van der Waals surface area contributed by atoms with Crippen molar-refractivity contribution in [1.82, 2.24) is 4.90 Å². The van der Waals surface area contributed by atoms with E-state index in [9.17, 15) is 0 Å². The summed E-state index contributed by atoms with van der Waals surface area (Å²) in [6.45, 7) is 0. The average Bonchev–Trinajstić information content (AvgIpc) is 2.38. The summed E-state index contributed by atoms with van der Waals surface area (Å²) in [7, 11) is 6.30. The summed E-state index contributed by atoms with van der Waals surface area (Å²) in [5.74, 6) is 0. The van der Waals surface area contributed by atoms with Gasteiger partial charge in [0, 0.05) is 24.3 Å². The third-order valence-electron chi connectivity index (χ3n) is 3.31. The fourth-order valence-corrected chi connectivity index (χ4v) is 2.02. The molecule has 0 aliphatic heterocycles. The van der Waals surface area contributed by atoms with E-state index in [0.29, 0.717) is 6.04 Å². The largest absolute Gasteiger partial charge is 0.303 e. The molecule has 0 fully saturated rings. The van der Waals surface area contributed by atoms with Crippen LogP contribution in [-0.2, 0) is 7.05 Å². The zero-order chi connectivity index (χ0) is 13.0. The highest BCUT2D eigenvalue weighted by Gasteiger charge is 2.09. The third kappa shape index (κ3) is 3.17. The molecule has 1 unspecified atom stereocenters. The summed E-state index contributed by atoms with van der Waals surface area (Å²) in [5, 5.41) is 0. The van der Waals surface area contributed by atoms with Gasteiger partial charge in [-0.05, 0) is 38.2 Å². The number of aryl methyl sites for hydroxylation is 1. The van der Waals surface area contributed by atoms with Crippen LogP contribution in [0.25, 0.3) is 6.08 Å². The van der Waals surface area contributed by atoms with Gasteiger partial charge in [0.15, 0.2) is 6.20 Å². The van der Waals surface area contributed by atoms with Crippen LogP contribution in [0.2, 0.25) is 0 Å². The van der Waals surface area contributed by atoms with Gasteiger partial charge in [0.1, 0.15) is 7.05 Å². The Labute approximate surface area is 110 Å². The van der Waals surface area contributed by atoms with Crippen LogP contribution in [0.1, 0.15) is 12.1 Å². The number of likely N-dealkylation sites (N-methyl/N-ethyl adjacent to an activating group) is 1. The van der Waals surface area contributed by atoms with E-state index in [1.54, 1.807) is 0 Å². The van der Waals surface area contributed by atoms with Crippen LogP contribution < -0.4 is 4.57 Å². The number of pyridine rings is 1. The number of nitrogens with zero attached hydrogens (tertiary/aromatic N) is 2. The normalized spacial score (nSPS) is 19.6. The van der Waals surface area contributed by atoms with Gasteiger partial charge in [0.2, 0.25) is 5.69 Å². The van der Waals surface area contributed by atoms with Crippen LogP contribution >= 0.6 is 0 Å². The highest BCUT2D eigenvalue weighted by atomic mass is 15.1. The monoisotopic (exact) mass is 241 g/mol. The third-order valence-corrected chi connectivity index (χ3v) is 3.31. The van der Waals surface area contributed by atoms with Crippen LogP contribution in [-0.4, -0.2) is 25.0 Å². The molecule has 1 aromatic rings. The lowest BCUT2D eigenvalue weighted by Gasteiger charge is -2.22. The van der Waals surface area contributed by atoms with Crippen LogP contribution in [0.15, 0.2) is 54.3 Å². The summed E-state index contributed by atoms with van der Waals surface area (Å²) in [4.78, 5) is 2.24. The highest BCUT2D eigenvalue weighted by molar-refractivity contribution is 5.50. The lowest BCUT2D eigenvalue weighted by molar-refractivity contribution is -0.673. The lowest BCUT2D eigenvalue weighted by Crippen LogP contribution is -2.30. The van der Waals surface area contributed by atoms with Crippen LogP contribution in [0.3, 0.4) is 0 Å². The first-order valence-corrected chi connectivity index (χ1v) is 6.34. The van der Waals surface area contributed by atoms with Crippen molar-refractivity contribution in [3.63, 3.8) is 0 Å². The van der Waals surface area contributed by atoms with Crippen molar-refractivity contribution in [2.45, 2.75) is 12.5 Å². The van der Waals surface area contributed by atoms with Crippen molar-refractivity contribution in [2.75, 3.05) is 14.1 Å². The number of hydrogen-bond acceptors (Lipinski definition) is 1. The molecule has 2 heteroatoms. The number of rotatable bonds is 3. The Morgan fingerprint density at radius 3 is 2.72 bits per heavy atom. The smallest absolute Gasteiger partial charge is 0.204 e. The van der Waals surface area contributed by atoms with E-state index in [2.05, 4.69) is 79.3 Å². The topological polar surface area (TPSA) is 7.12 Å². The van der Waals surface area contributed by atoms with Gasteiger partial charge < -0.3 is 4.90 Å². The first-order chi connectivity index (χ1) is 8.66. The molecule has 0 saturated heterocycles. The van der Waals surface area contributed by atoms with Crippen molar-refractivity contribution in [2.24, 2.45) is 7.05 Å². The Hall–Kier alpha value is -1.67. The predicted octanol–water partition coefficient (Wildman–Crippen LogP) is 2.34. The Balaban J connectivity index is 2.04. The van der Waals surface area contributed by atoms with Crippen molar-refractivity contribution in [1.29, 1.82) is 0 Å². The maximum atomic E-state index is 2.30. The SMILES string of the molecule is CN(C)C1C=CC(/C=C/c2cccc[n+]2C)=CC1. The van der Waals surface area contributed by atoms with Gasteiger partial charge in [0.25, 0.3) is 0 Å². The Morgan fingerprint density at radius 2 is 2.11 bits per heavy atom. The van der Waals surface area contributed by atoms with Crippen LogP contribution in [0.5, 0.6) is 0 Å². The first kappa shape index (κ1) is 12.8. The molecule has 0 aromatic carbocycles. The molecular formula is C16H21N2+. The summed E-state index contributed by atoms with van der Waals surface area (Å²) in [6.07, 6.45) is 14.3. The molecule has 94 valence electrons. The van der Waals surface area contributed by atoms with E-state index in [4.69, 9.17) is 0 Å². The second-order valence-corrected chi connectivity index (χ2v) is 4.90. The minimum atomic E-state index is 0.537. The molecule has 1 heterocycles. The van der Waals surface area contributed by atoms with E-state index < -0.39 is 0 Å². The molecular weight excluding hydrogens is 220 g/mol. The van der Waals surface area contributed by atoms with E-state index in [0.717, 1.165) is 6.42 Å².